The fraction of sp³-hybridized carbons (Fsp3) is 0.0800. The summed E-state index contributed by atoms with van der Waals surface area (Å²) in [6, 6.07) is 22.8. The molecule has 0 saturated heterocycles. The van der Waals surface area contributed by atoms with E-state index < -0.39 is 0 Å². The highest BCUT2D eigenvalue weighted by molar-refractivity contribution is 14.1. The van der Waals surface area contributed by atoms with E-state index in [0.717, 1.165) is 31.3 Å². The number of halogens is 1. The zero-order chi connectivity index (χ0) is 22.5. The van der Waals surface area contributed by atoms with Crippen LogP contribution in [0, 0.1) is 3.57 Å². The highest BCUT2D eigenvalue weighted by atomic mass is 127. The van der Waals surface area contributed by atoms with Crippen LogP contribution in [-0.2, 0) is 0 Å². The van der Waals surface area contributed by atoms with Crippen molar-refractivity contribution in [3.8, 4) is 22.8 Å². The number of hydrazone groups is 1. The number of methoxy groups -OCH3 is 2. The van der Waals surface area contributed by atoms with Crippen molar-refractivity contribution in [1.82, 2.24) is 10.4 Å². The molecule has 0 fully saturated rings. The Morgan fingerprint density at radius 3 is 2.50 bits per heavy atom. The Labute approximate surface area is 199 Å². The van der Waals surface area contributed by atoms with Crippen molar-refractivity contribution in [1.29, 1.82) is 0 Å². The number of nitrogens with zero attached hydrogens (tertiary/aromatic N) is 2. The largest absolute Gasteiger partial charge is 0.493 e. The monoisotopic (exact) mass is 537 g/mol. The maximum absolute atomic E-state index is 13.0. The van der Waals surface area contributed by atoms with Gasteiger partial charge in [0, 0.05) is 10.9 Å². The van der Waals surface area contributed by atoms with Crippen LogP contribution in [0.4, 0.5) is 0 Å². The van der Waals surface area contributed by atoms with E-state index in [1.165, 1.54) is 0 Å². The lowest BCUT2D eigenvalue weighted by Crippen LogP contribution is -2.18. The molecular formula is C25H20IN3O3. The molecule has 32 heavy (non-hydrogen) atoms. The van der Waals surface area contributed by atoms with Crippen molar-refractivity contribution in [3.05, 3.63) is 87.5 Å². The Morgan fingerprint density at radius 1 is 1.00 bits per heavy atom. The number of carbonyl (C=O) groups excluding carboxylic acids is 1. The normalized spacial score (nSPS) is 11.0. The standard InChI is InChI=1S/C25H20IN3O3/c1-31-23-13-16(12-20(26)24(23)32-2)15-27-29-25(30)19-14-22(17-8-4-3-5-9-17)28-21-11-7-6-10-18(19)21/h3-15H,1-2H3,(H,29,30)/b27-15+. The Morgan fingerprint density at radius 2 is 1.75 bits per heavy atom. The number of ether oxygens (including phenoxy) is 2. The van der Waals surface area contributed by atoms with Gasteiger partial charge in [-0.25, -0.2) is 10.4 Å². The number of fused-ring (bicyclic) bond motifs is 1. The predicted octanol–water partition coefficient (Wildman–Crippen LogP) is 5.29. The molecule has 4 aromatic rings. The molecule has 0 aliphatic rings. The Hall–Kier alpha value is -3.46. The Bertz CT molecular complexity index is 1310. The number of rotatable bonds is 6. The second-order valence-electron chi connectivity index (χ2n) is 6.88. The minimum atomic E-state index is -0.313. The van der Waals surface area contributed by atoms with Crippen LogP contribution in [0.2, 0.25) is 0 Å². The summed E-state index contributed by atoms with van der Waals surface area (Å²) in [5, 5.41) is 4.92. The zero-order valence-electron chi connectivity index (χ0n) is 17.5. The zero-order valence-corrected chi connectivity index (χ0v) is 19.7. The van der Waals surface area contributed by atoms with E-state index in [2.05, 4.69) is 33.1 Å². The van der Waals surface area contributed by atoms with Crippen molar-refractivity contribution in [2.24, 2.45) is 5.10 Å². The fourth-order valence-electron chi connectivity index (χ4n) is 3.36. The quantitative estimate of drug-likeness (QED) is 0.206. The van der Waals surface area contributed by atoms with Crippen LogP contribution in [0.15, 0.2) is 77.9 Å². The molecule has 160 valence electrons. The van der Waals surface area contributed by atoms with Crippen LogP contribution in [0.5, 0.6) is 11.5 Å². The summed E-state index contributed by atoms with van der Waals surface area (Å²) in [4.78, 5) is 17.7. The van der Waals surface area contributed by atoms with Crippen LogP contribution in [0.25, 0.3) is 22.2 Å². The Balaban J connectivity index is 1.64. The molecule has 0 radical (unpaired) electrons. The SMILES string of the molecule is COc1cc(/C=N/NC(=O)c2cc(-c3ccccc3)nc3ccccc23)cc(I)c1OC. The molecule has 7 heteroatoms. The van der Waals surface area contributed by atoms with Gasteiger partial charge >= 0.3 is 0 Å². The Kier molecular flexibility index (Phi) is 6.65. The number of amides is 1. The van der Waals surface area contributed by atoms with Crippen molar-refractivity contribution < 1.29 is 14.3 Å². The summed E-state index contributed by atoms with van der Waals surface area (Å²) in [7, 11) is 3.17. The van der Waals surface area contributed by atoms with Crippen LogP contribution in [-0.4, -0.2) is 31.3 Å². The van der Waals surface area contributed by atoms with E-state index in [4.69, 9.17) is 14.5 Å². The van der Waals surface area contributed by atoms with Gasteiger partial charge in [-0.3, -0.25) is 4.79 Å². The molecule has 0 unspecified atom stereocenters. The second kappa shape index (κ2) is 9.78. The molecule has 1 amide bonds. The molecule has 0 aliphatic carbocycles. The third kappa shape index (κ3) is 4.57. The van der Waals surface area contributed by atoms with E-state index in [-0.39, 0.29) is 5.91 Å². The third-order valence-electron chi connectivity index (χ3n) is 4.87. The second-order valence-corrected chi connectivity index (χ2v) is 8.04. The van der Waals surface area contributed by atoms with Crippen molar-refractivity contribution in [3.63, 3.8) is 0 Å². The van der Waals surface area contributed by atoms with Crippen molar-refractivity contribution >= 4 is 45.6 Å². The molecule has 0 bridgehead atoms. The maximum Gasteiger partial charge on any atom is 0.272 e. The number of hydrogen-bond donors (Lipinski definition) is 1. The summed E-state index contributed by atoms with van der Waals surface area (Å²) >= 11 is 2.17. The van der Waals surface area contributed by atoms with Gasteiger partial charge in [0.2, 0.25) is 0 Å². The molecule has 3 aromatic carbocycles. The third-order valence-corrected chi connectivity index (χ3v) is 5.67. The molecule has 6 nitrogen and oxygen atoms in total. The lowest BCUT2D eigenvalue weighted by Gasteiger charge is -2.10. The number of benzene rings is 3. The molecule has 0 saturated carbocycles. The van der Waals surface area contributed by atoms with E-state index in [1.807, 2.05) is 60.7 Å². The summed E-state index contributed by atoms with van der Waals surface area (Å²) in [5.41, 5.74) is 6.33. The minimum absolute atomic E-state index is 0.313. The van der Waals surface area contributed by atoms with Gasteiger partial charge in [0.15, 0.2) is 11.5 Å². The van der Waals surface area contributed by atoms with Crippen molar-refractivity contribution in [2.45, 2.75) is 0 Å². The minimum Gasteiger partial charge on any atom is -0.493 e. The molecular weight excluding hydrogens is 517 g/mol. The lowest BCUT2D eigenvalue weighted by atomic mass is 10.0. The first-order valence-electron chi connectivity index (χ1n) is 9.81. The van der Waals surface area contributed by atoms with Gasteiger partial charge in [-0.05, 0) is 52.4 Å². The predicted molar refractivity (Wildman–Crippen MR) is 135 cm³/mol. The number of pyridine rings is 1. The number of para-hydroxylation sites is 1. The summed E-state index contributed by atoms with van der Waals surface area (Å²) in [6.45, 7) is 0. The van der Waals surface area contributed by atoms with Crippen LogP contribution >= 0.6 is 22.6 Å². The summed E-state index contributed by atoms with van der Waals surface area (Å²) in [5.74, 6) is 0.943. The fourth-order valence-corrected chi connectivity index (χ4v) is 4.20. The molecule has 1 heterocycles. The average Bonchev–Trinajstić information content (AvgIpc) is 2.83. The highest BCUT2D eigenvalue weighted by Crippen LogP contribution is 2.33. The number of aromatic nitrogens is 1. The molecule has 1 N–H and O–H groups in total. The van der Waals surface area contributed by atoms with Crippen LogP contribution in [0.1, 0.15) is 15.9 Å². The van der Waals surface area contributed by atoms with Gasteiger partial charge in [-0.1, -0.05) is 48.5 Å². The van der Waals surface area contributed by atoms with E-state index >= 15 is 0 Å². The topological polar surface area (TPSA) is 72.8 Å². The van der Waals surface area contributed by atoms with Gasteiger partial charge in [-0.2, -0.15) is 5.10 Å². The smallest absolute Gasteiger partial charge is 0.272 e. The molecule has 1 aromatic heterocycles. The van der Waals surface area contributed by atoms with Gasteiger partial charge in [-0.15, -0.1) is 0 Å². The lowest BCUT2D eigenvalue weighted by molar-refractivity contribution is 0.0956. The molecule has 0 aliphatic heterocycles. The van der Waals surface area contributed by atoms with Crippen LogP contribution < -0.4 is 14.9 Å². The van der Waals surface area contributed by atoms with Crippen molar-refractivity contribution in [2.75, 3.05) is 14.2 Å². The van der Waals surface area contributed by atoms with Gasteiger partial charge < -0.3 is 9.47 Å². The summed E-state index contributed by atoms with van der Waals surface area (Å²) < 4.78 is 11.6. The van der Waals surface area contributed by atoms with E-state index in [0.29, 0.717) is 17.1 Å². The van der Waals surface area contributed by atoms with Crippen LogP contribution in [0.3, 0.4) is 0 Å². The van der Waals surface area contributed by atoms with Gasteiger partial charge in [0.25, 0.3) is 5.91 Å². The number of nitrogens with one attached hydrogen (secondary N) is 1. The molecule has 0 spiro atoms. The number of hydrogen-bond acceptors (Lipinski definition) is 5. The summed E-state index contributed by atoms with van der Waals surface area (Å²) in [6.07, 6.45) is 1.57. The molecule has 4 rings (SSSR count). The molecule has 0 atom stereocenters. The maximum atomic E-state index is 13.0. The van der Waals surface area contributed by atoms with Gasteiger partial charge in [0.05, 0.1) is 40.8 Å². The first-order chi connectivity index (χ1) is 15.6. The first kappa shape index (κ1) is 21.8. The van der Waals surface area contributed by atoms with E-state index in [9.17, 15) is 4.79 Å². The highest BCUT2D eigenvalue weighted by Gasteiger charge is 2.14. The number of carbonyl (C=O) groups is 1. The van der Waals surface area contributed by atoms with Gasteiger partial charge in [0.1, 0.15) is 0 Å². The first-order valence-corrected chi connectivity index (χ1v) is 10.9. The van der Waals surface area contributed by atoms with E-state index in [1.54, 1.807) is 32.6 Å². The average molecular weight is 537 g/mol.